The topological polar surface area (TPSA) is 35.2 Å². The highest BCUT2D eigenvalue weighted by molar-refractivity contribution is 5.31. The molecule has 90 valence electrons. The fourth-order valence-corrected chi connectivity index (χ4v) is 2.09. The molecule has 1 aromatic carbocycles. The molecule has 1 aromatic rings. The van der Waals surface area contributed by atoms with Gasteiger partial charge in [0.2, 0.25) is 0 Å². The Morgan fingerprint density at radius 1 is 1.31 bits per heavy atom. The van der Waals surface area contributed by atoms with Crippen molar-refractivity contribution in [1.29, 1.82) is 0 Å². The van der Waals surface area contributed by atoms with E-state index in [9.17, 15) is 0 Å². The van der Waals surface area contributed by atoms with Gasteiger partial charge < -0.3 is 10.5 Å². The Labute approximate surface area is 98.8 Å². The van der Waals surface area contributed by atoms with E-state index in [4.69, 9.17) is 10.5 Å². The van der Waals surface area contributed by atoms with Gasteiger partial charge in [-0.1, -0.05) is 26.0 Å². The summed E-state index contributed by atoms with van der Waals surface area (Å²) in [4.78, 5) is 0. The van der Waals surface area contributed by atoms with E-state index in [1.54, 1.807) is 7.11 Å². The van der Waals surface area contributed by atoms with E-state index in [0.29, 0.717) is 11.8 Å². The molecule has 2 N–H and O–H groups in total. The lowest BCUT2D eigenvalue weighted by Gasteiger charge is -2.21. The Balaban J connectivity index is 2.82. The fourth-order valence-electron chi connectivity index (χ4n) is 2.09. The summed E-state index contributed by atoms with van der Waals surface area (Å²) in [6.07, 6.45) is 2.24. The lowest BCUT2D eigenvalue weighted by atomic mass is 9.85. The Bertz CT molecular complexity index is 309. The van der Waals surface area contributed by atoms with Gasteiger partial charge in [0.25, 0.3) is 0 Å². The van der Waals surface area contributed by atoms with Gasteiger partial charge in [0.05, 0.1) is 7.11 Å². The van der Waals surface area contributed by atoms with Crippen molar-refractivity contribution < 1.29 is 4.74 Å². The van der Waals surface area contributed by atoms with Gasteiger partial charge in [0.1, 0.15) is 5.75 Å². The van der Waals surface area contributed by atoms with Crippen molar-refractivity contribution in [3.8, 4) is 5.75 Å². The number of rotatable bonds is 6. The Hall–Kier alpha value is -1.02. The van der Waals surface area contributed by atoms with Crippen LogP contribution < -0.4 is 10.5 Å². The second-order valence-corrected chi connectivity index (χ2v) is 4.56. The van der Waals surface area contributed by atoms with Crippen molar-refractivity contribution in [2.75, 3.05) is 13.7 Å². The molecule has 0 aliphatic rings. The molecule has 1 atom stereocenters. The zero-order chi connectivity index (χ0) is 12.0. The van der Waals surface area contributed by atoms with Crippen LogP contribution in [0.1, 0.15) is 38.2 Å². The van der Waals surface area contributed by atoms with Gasteiger partial charge in [-0.25, -0.2) is 0 Å². The standard InChI is InChI=1S/C14H23NO/c1-11(2)14(8-5-9-15)12-6-4-7-13(10-12)16-3/h4,6-7,10-11,14H,5,8-9,15H2,1-3H3. The van der Waals surface area contributed by atoms with Crippen LogP contribution in [0.5, 0.6) is 5.75 Å². The van der Waals surface area contributed by atoms with Gasteiger partial charge >= 0.3 is 0 Å². The first kappa shape index (κ1) is 13.0. The molecule has 0 saturated carbocycles. The van der Waals surface area contributed by atoms with Crippen molar-refractivity contribution in [3.05, 3.63) is 29.8 Å². The molecule has 0 saturated heterocycles. The smallest absolute Gasteiger partial charge is 0.119 e. The molecule has 0 aliphatic carbocycles. The molecule has 1 rings (SSSR count). The Kier molecular flexibility index (Phi) is 5.33. The number of ether oxygens (including phenoxy) is 1. The van der Waals surface area contributed by atoms with Crippen molar-refractivity contribution in [1.82, 2.24) is 0 Å². The van der Waals surface area contributed by atoms with E-state index in [1.807, 2.05) is 6.07 Å². The number of methoxy groups -OCH3 is 1. The normalized spacial score (nSPS) is 12.8. The third-order valence-electron chi connectivity index (χ3n) is 3.05. The molecular formula is C14H23NO. The average Bonchev–Trinajstić information content (AvgIpc) is 2.29. The zero-order valence-corrected chi connectivity index (χ0v) is 10.6. The van der Waals surface area contributed by atoms with Crippen LogP contribution in [-0.2, 0) is 0 Å². The van der Waals surface area contributed by atoms with Crippen LogP contribution in [-0.4, -0.2) is 13.7 Å². The number of nitrogens with two attached hydrogens (primary N) is 1. The van der Waals surface area contributed by atoms with Gasteiger partial charge in [0.15, 0.2) is 0 Å². The van der Waals surface area contributed by atoms with Crippen LogP contribution >= 0.6 is 0 Å². The maximum atomic E-state index is 5.59. The molecule has 2 nitrogen and oxygen atoms in total. The van der Waals surface area contributed by atoms with E-state index < -0.39 is 0 Å². The highest BCUT2D eigenvalue weighted by Gasteiger charge is 2.15. The van der Waals surface area contributed by atoms with Crippen LogP contribution in [0.2, 0.25) is 0 Å². The maximum Gasteiger partial charge on any atom is 0.119 e. The molecular weight excluding hydrogens is 198 g/mol. The van der Waals surface area contributed by atoms with Crippen LogP contribution in [0.4, 0.5) is 0 Å². The number of hydrogen-bond donors (Lipinski definition) is 1. The lowest BCUT2D eigenvalue weighted by molar-refractivity contribution is 0.410. The van der Waals surface area contributed by atoms with E-state index in [2.05, 4.69) is 32.0 Å². The summed E-state index contributed by atoms with van der Waals surface area (Å²) < 4.78 is 5.26. The first-order chi connectivity index (χ1) is 7.69. The second-order valence-electron chi connectivity index (χ2n) is 4.56. The van der Waals surface area contributed by atoms with E-state index >= 15 is 0 Å². The summed E-state index contributed by atoms with van der Waals surface area (Å²) in [6, 6.07) is 8.38. The molecule has 1 unspecified atom stereocenters. The fraction of sp³-hybridized carbons (Fsp3) is 0.571. The zero-order valence-electron chi connectivity index (χ0n) is 10.6. The summed E-state index contributed by atoms with van der Waals surface area (Å²) in [5.41, 5.74) is 6.95. The molecule has 0 amide bonds. The Morgan fingerprint density at radius 2 is 2.06 bits per heavy atom. The van der Waals surface area contributed by atoms with Gasteiger partial charge in [-0.2, -0.15) is 0 Å². The van der Waals surface area contributed by atoms with Crippen LogP contribution in [0.15, 0.2) is 24.3 Å². The molecule has 2 heteroatoms. The predicted octanol–water partition coefficient (Wildman–Crippen LogP) is 3.17. The average molecular weight is 221 g/mol. The molecule has 0 fully saturated rings. The van der Waals surface area contributed by atoms with Crippen molar-refractivity contribution in [3.63, 3.8) is 0 Å². The molecule has 0 aliphatic heterocycles. The summed E-state index contributed by atoms with van der Waals surface area (Å²) in [7, 11) is 1.71. The first-order valence-corrected chi connectivity index (χ1v) is 6.03. The lowest BCUT2D eigenvalue weighted by Crippen LogP contribution is -2.10. The van der Waals surface area contributed by atoms with Gasteiger partial charge in [-0.3, -0.25) is 0 Å². The molecule has 0 heterocycles. The molecule has 0 spiro atoms. The highest BCUT2D eigenvalue weighted by atomic mass is 16.5. The van der Waals surface area contributed by atoms with E-state index in [-0.39, 0.29) is 0 Å². The third kappa shape index (κ3) is 3.53. The Morgan fingerprint density at radius 3 is 2.62 bits per heavy atom. The summed E-state index contributed by atoms with van der Waals surface area (Å²) in [5.74, 6) is 2.16. The first-order valence-electron chi connectivity index (χ1n) is 6.03. The largest absolute Gasteiger partial charge is 0.497 e. The monoisotopic (exact) mass is 221 g/mol. The van der Waals surface area contributed by atoms with E-state index in [1.165, 1.54) is 5.56 Å². The third-order valence-corrected chi connectivity index (χ3v) is 3.05. The number of hydrogen-bond acceptors (Lipinski definition) is 2. The predicted molar refractivity (Wildman–Crippen MR) is 68.9 cm³/mol. The highest BCUT2D eigenvalue weighted by Crippen LogP contribution is 2.30. The summed E-state index contributed by atoms with van der Waals surface area (Å²) in [5, 5.41) is 0. The van der Waals surface area contributed by atoms with Gasteiger partial charge in [-0.15, -0.1) is 0 Å². The van der Waals surface area contributed by atoms with Crippen molar-refractivity contribution in [2.24, 2.45) is 11.7 Å². The minimum atomic E-state index is 0.582. The maximum absolute atomic E-state index is 5.59. The molecule has 0 radical (unpaired) electrons. The molecule has 16 heavy (non-hydrogen) atoms. The van der Waals surface area contributed by atoms with E-state index in [0.717, 1.165) is 25.1 Å². The summed E-state index contributed by atoms with van der Waals surface area (Å²) in [6.45, 7) is 5.30. The SMILES string of the molecule is COc1cccc(C(CCCN)C(C)C)c1. The quantitative estimate of drug-likeness (QED) is 0.800. The second kappa shape index (κ2) is 6.54. The van der Waals surface area contributed by atoms with Gasteiger partial charge in [-0.05, 0) is 48.9 Å². The molecule has 0 bridgehead atoms. The van der Waals surface area contributed by atoms with Crippen molar-refractivity contribution in [2.45, 2.75) is 32.6 Å². The van der Waals surface area contributed by atoms with Gasteiger partial charge in [0, 0.05) is 0 Å². The minimum Gasteiger partial charge on any atom is -0.497 e. The van der Waals surface area contributed by atoms with Crippen LogP contribution in [0, 0.1) is 5.92 Å². The molecule has 0 aromatic heterocycles. The summed E-state index contributed by atoms with van der Waals surface area (Å²) >= 11 is 0. The van der Waals surface area contributed by atoms with Crippen molar-refractivity contribution >= 4 is 0 Å². The number of benzene rings is 1. The minimum absolute atomic E-state index is 0.582. The van der Waals surface area contributed by atoms with Crippen LogP contribution in [0.25, 0.3) is 0 Å². The van der Waals surface area contributed by atoms with Crippen LogP contribution in [0.3, 0.4) is 0 Å².